The van der Waals surface area contributed by atoms with Crippen molar-refractivity contribution < 1.29 is 35.9 Å². The van der Waals surface area contributed by atoms with Gasteiger partial charge in [0.2, 0.25) is 5.91 Å². The van der Waals surface area contributed by atoms with Gasteiger partial charge < -0.3 is 15.1 Å². The monoisotopic (exact) mass is 624 g/mol. The lowest BCUT2D eigenvalue weighted by atomic mass is 9.95. The number of carbonyl (C=O) groups excluding carboxylic acids is 2. The topological polar surface area (TPSA) is 55.9 Å². The van der Waals surface area contributed by atoms with Crippen LogP contribution in [0.3, 0.4) is 0 Å². The molecule has 6 nitrogen and oxygen atoms in total. The molecule has 3 amide bonds. The van der Waals surface area contributed by atoms with Gasteiger partial charge in [-0.15, -0.1) is 0 Å². The number of benzene rings is 2. The van der Waals surface area contributed by atoms with Crippen LogP contribution < -0.4 is 10.2 Å². The van der Waals surface area contributed by atoms with Gasteiger partial charge in [-0.05, 0) is 68.2 Å². The van der Waals surface area contributed by atoms with Gasteiger partial charge in [-0.25, -0.2) is 4.79 Å². The van der Waals surface area contributed by atoms with Gasteiger partial charge in [-0.1, -0.05) is 29.3 Å². The molecule has 2 aromatic carbocycles. The number of piperidine rings is 1. The predicted octanol–water partition coefficient (Wildman–Crippen LogP) is 6.34. The molecule has 2 saturated heterocycles. The number of urea groups is 1. The van der Waals surface area contributed by atoms with E-state index in [1.54, 1.807) is 23.1 Å². The van der Waals surface area contributed by atoms with Crippen LogP contribution in [0.2, 0.25) is 10.0 Å². The highest BCUT2D eigenvalue weighted by molar-refractivity contribution is 6.42. The fourth-order valence-corrected chi connectivity index (χ4v) is 5.50. The van der Waals surface area contributed by atoms with Gasteiger partial charge in [-0.2, -0.15) is 26.3 Å². The van der Waals surface area contributed by atoms with Gasteiger partial charge in [0.25, 0.3) is 0 Å². The normalized spacial score (nSPS) is 18.9. The van der Waals surface area contributed by atoms with E-state index in [0.717, 1.165) is 11.9 Å². The maximum atomic E-state index is 13.7. The maximum absolute atomic E-state index is 13.7. The molecule has 224 valence electrons. The summed E-state index contributed by atoms with van der Waals surface area (Å²) in [5.74, 6) is -0.212. The third kappa shape index (κ3) is 7.39. The molecule has 2 aliphatic heterocycles. The van der Waals surface area contributed by atoms with Crippen molar-refractivity contribution in [3.8, 4) is 0 Å². The Hall–Kier alpha value is -2.70. The van der Waals surface area contributed by atoms with Crippen LogP contribution in [0.15, 0.2) is 36.4 Å². The summed E-state index contributed by atoms with van der Waals surface area (Å²) in [7, 11) is 1.13. The molecule has 0 aromatic heterocycles. The first-order valence-electron chi connectivity index (χ1n) is 12.9. The third-order valence-electron chi connectivity index (χ3n) is 7.43. The summed E-state index contributed by atoms with van der Waals surface area (Å²) in [5.41, 5.74) is -2.91. The molecule has 0 bridgehead atoms. The Morgan fingerprint density at radius 1 is 0.927 bits per heavy atom. The van der Waals surface area contributed by atoms with Crippen LogP contribution in [0.4, 0.5) is 36.8 Å². The average molecular weight is 625 g/mol. The molecule has 0 radical (unpaired) electrons. The molecule has 2 fully saturated rings. The number of alkyl halides is 6. The van der Waals surface area contributed by atoms with Crippen LogP contribution in [-0.2, 0) is 23.6 Å². The molecule has 4 rings (SSSR count). The van der Waals surface area contributed by atoms with Crippen LogP contribution in [0, 0.1) is 5.92 Å². The van der Waals surface area contributed by atoms with Crippen LogP contribution in [0.1, 0.15) is 29.5 Å². The summed E-state index contributed by atoms with van der Waals surface area (Å²) in [4.78, 5) is 30.8. The van der Waals surface area contributed by atoms with E-state index in [2.05, 4.69) is 5.32 Å². The number of nitrogens with zero attached hydrogens (tertiary/aromatic N) is 3. The maximum Gasteiger partial charge on any atom is 0.416 e. The second-order valence-corrected chi connectivity index (χ2v) is 11.0. The van der Waals surface area contributed by atoms with Gasteiger partial charge in [0, 0.05) is 38.3 Å². The molecule has 2 aromatic rings. The van der Waals surface area contributed by atoms with Crippen molar-refractivity contribution in [1.29, 1.82) is 0 Å². The number of carbonyl (C=O) groups is 2. The zero-order valence-electron chi connectivity index (χ0n) is 22.0. The van der Waals surface area contributed by atoms with E-state index < -0.39 is 41.2 Å². The summed E-state index contributed by atoms with van der Waals surface area (Å²) < 4.78 is 80.7. The van der Waals surface area contributed by atoms with Crippen molar-refractivity contribution >= 4 is 40.8 Å². The van der Waals surface area contributed by atoms with Crippen molar-refractivity contribution in [1.82, 2.24) is 15.1 Å². The number of amides is 3. The Morgan fingerprint density at radius 3 is 2.10 bits per heavy atom. The number of hydrogen-bond acceptors (Lipinski definition) is 3. The Morgan fingerprint density at radius 2 is 1.54 bits per heavy atom. The lowest BCUT2D eigenvalue weighted by Crippen LogP contribution is -2.60. The van der Waals surface area contributed by atoms with E-state index in [1.807, 2.05) is 0 Å². The Kier molecular flexibility index (Phi) is 9.35. The van der Waals surface area contributed by atoms with Crippen LogP contribution >= 0.6 is 23.2 Å². The van der Waals surface area contributed by atoms with Gasteiger partial charge >= 0.3 is 18.4 Å². The second kappa shape index (κ2) is 12.3. The van der Waals surface area contributed by atoms with Gasteiger partial charge in [0.05, 0.1) is 27.2 Å². The first-order valence-corrected chi connectivity index (χ1v) is 13.7. The lowest BCUT2D eigenvalue weighted by Gasteiger charge is -2.44. The van der Waals surface area contributed by atoms with Crippen molar-refractivity contribution in [2.45, 2.75) is 37.7 Å². The van der Waals surface area contributed by atoms with Crippen LogP contribution in [0.25, 0.3) is 0 Å². The molecular weight excluding hydrogens is 597 g/mol. The highest BCUT2D eigenvalue weighted by Gasteiger charge is 2.40. The second-order valence-electron chi connectivity index (χ2n) is 10.2. The number of rotatable bonds is 4. The van der Waals surface area contributed by atoms with Gasteiger partial charge in [0.1, 0.15) is 0 Å². The summed E-state index contributed by atoms with van der Waals surface area (Å²) in [5, 5.41) is 3.80. The number of piperazine rings is 1. The van der Waals surface area contributed by atoms with Crippen molar-refractivity contribution in [3.63, 3.8) is 0 Å². The van der Waals surface area contributed by atoms with Crippen molar-refractivity contribution in [2.75, 3.05) is 44.7 Å². The smallest absolute Gasteiger partial charge is 0.339 e. The number of nitrogens with one attached hydrogen (secondary N) is 1. The van der Waals surface area contributed by atoms with E-state index in [-0.39, 0.29) is 49.0 Å². The molecule has 0 aliphatic carbocycles. The standard InChI is InChI=1S/C27H28Cl2F6N4O2/c1-37(20-13-18(26(30,31)32)12-19(14-20)27(33,34)35)25(41)39-9-8-38(24(40)17-4-6-36-7-5-17)15-21(39)10-16-2-3-22(28)23(29)11-16/h2-3,11-14,17,21,36H,4-10,15H2,1H3/t21-/m1/s1. The third-order valence-corrected chi connectivity index (χ3v) is 8.17. The number of hydrogen-bond donors (Lipinski definition) is 1. The SMILES string of the molecule is CN(C(=O)N1CCN(C(=O)C2CCNCC2)C[C@H]1Cc1ccc(Cl)c(Cl)c1)c1cc(C(F)(F)F)cc(C(F)(F)F)c1. The van der Waals surface area contributed by atoms with Gasteiger partial charge in [0.15, 0.2) is 0 Å². The molecule has 1 atom stereocenters. The zero-order chi connectivity index (χ0) is 30.1. The molecule has 1 N–H and O–H groups in total. The number of halogens is 8. The van der Waals surface area contributed by atoms with Crippen molar-refractivity contribution in [3.05, 3.63) is 63.1 Å². The minimum Gasteiger partial charge on any atom is -0.339 e. The molecule has 41 heavy (non-hydrogen) atoms. The van der Waals surface area contributed by atoms with Gasteiger partial charge in [-0.3, -0.25) is 9.69 Å². The molecule has 2 aliphatic rings. The molecule has 0 unspecified atom stereocenters. The molecular formula is C27H28Cl2F6N4O2. The Balaban J connectivity index is 1.63. The van der Waals surface area contributed by atoms with E-state index in [9.17, 15) is 35.9 Å². The van der Waals surface area contributed by atoms with E-state index in [4.69, 9.17) is 23.2 Å². The summed E-state index contributed by atoms with van der Waals surface area (Å²) in [6.45, 7) is 1.78. The fraction of sp³-hybridized carbons (Fsp3) is 0.481. The summed E-state index contributed by atoms with van der Waals surface area (Å²) in [6, 6.07) is 4.52. The minimum atomic E-state index is -5.06. The molecule has 0 saturated carbocycles. The highest BCUT2D eigenvalue weighted by atomic mass is 35.5. The summed E-state index contributed by atoms with van der Waals surface area (Å²) >= 11 is 12.2. The molecule has 2 heterocycles. The van der Waals surface area contributed by atoms with E-state index in [1.165, 1.54) is 4.90 Å². The minimum absolute atomic E-state index is 0.0139. The lowest BCUT2D eigenvalue weighted by molar-refractivity contribution is -0.143. The Labute approximate surface area is 243 Å². The Bertz CT molecular complexity index is 1250. The summed E-state index contributed by atoms with van der Waals surface area (Å²) in [6.07, 6.45) is -8.54. The predicted molar refractivity (Wildman–Crippen MR) is 143 cm³/mol. The average Bonchev–Trinajstić information content (AvgIpc) is 2.93. The first-order chi connectivity index (χ1) is 19.1. The quantitative estimate of drug-likeness (QED) is 0.404. The van der Waals surface area contributed by atoms with E-state index in [0.29, 0.717) is 48.6 Å². The van der Waals surface area contributed by atoms with Crippen LogP contribution in [0.5, 0.6) is 0 Å². The van der Waals surface area contributed by atoms with Crippen LogP contribution in [-0.4, -0.2) is 67.6 Å². The molecule has 0 spiro atoms. The molecule has 14 heteroatoms. The number of anilines is 1. The largest absolute Gasteiger partial charge is 0.416 e. The zero-order valence-corrected chi connectivity index (χ0v) is 23.5. The first kappa shape index (κ1) is 31.2. The highest BCUT2D eigenvalue weighted by Crippen LogP contribution is 2.38. The van der Waals surface area contributed by atoms with E-state index >= 15 is 0 Å². The fourth-order valence-electron chi connectivity index (χ4n) is 5.18. The van der Waals surface area contributed by atoms with Crippen molar-refractivity contribution in [2.24, 2.45) is 5.92 Å².